The molecule has 3 rings (SSSR count). The lowest BCUT2D eigenvalue weighted by Crippen LogP contribution is -2.25. The topological polar surface area (TPSA) is 47.3 Å². The molecule has 0 saturated heterocycles. The molecule has 1 aliphatic rings. The number of hydrogen-bond acceptors (Lipinski definition) is 3. The summed E-state index contributed by atoms with van der Waals surface area (Å²) < 4.78 is 7.51. The maximum Gasteiger partial charge on any atom is 0.122 e. The van der Waals surface area contributed by atoms with E-state index in [1.165, 1.54) is 5.69 Å². The van der Waals surface area contributed by atoms with Gasteiger partial charge in [0.25, 0.3) is 0 Å². The lowest BCUT2D eigenvalue weighted by molar-refractivity contribution is 0.130. The van der Waals surface area contributed by atoms with Gasteiger partial charge in [0.15, 0.2) is 0 Å². The van der Waals surface area contributed by atoms with Crippen LogP contribution in [0.3, 0.4) is 0 Å². The van der Waals surface area contributed by atoms with Crippen LogP contribution in [0.2, 0.25) is 0 Å². The monoisotopic (exact) mass is 258 g/mol. The summed E-state index contributed by atoms with van der Waals surface area (Å²) in [4.78, 5) is 4.50. The number of aromatic nitrogens is 2. The largest absolute Gasteiger partial charge is 0.496 e. The predicted molar refractivity (Wildman–Crippen MR) is 72.4 cm³/mol. The van der Waals surface area contributed by atoms with Gasteiger partial charge in [0.2, 0.25) is 0 Å². The highest BCUT2D eigenvalue weighted by Gasteiger charge is 2.20. The Kier molecular flexibility index (Phi) is 3.25. The van der Waals surface area contributed by atoms with E-state index in [1.807, 2.05) is 24.4 Å². The quantitative estimate of drug-likeness (QED) is 0.913. The van der Waals surface area contributed by atoms with Gasteiger partial charge in [-0.2, -0.15) is 0 Å². The van der Waals surface area contributed by atoms with Crippen LogP contribution in [0.15, 0.2) is 30.5 Å². The number of benzene rings is 1. The van der Waals surface area contributed by atoms with Gasteiger partial charge in [-0.25, -0.2) is 4.98 Å². The van der Waals surface area contributed by atoms with E-state index < -0.39 is 0 Å². The number of nitrogens with zero attached hydrogens (tertiary/aromatic N) is 2. The number of methoxy groups -OCH3 is 1. The van der Waals surface area contributed by atoms with Gasteiger partial charge in [-0.3, -0.25) is 0 Å². The molecule has 19 heavy (non-hydrogen) atoms. The molecule has 4 nitrogen and oxygen atoms in total. The zero-order valence-electron chi connectivity index (χ0n) is 11.0. The first-order valence-electron chi connectivity index (χ1n) is 6.61. The van der Waals surface area contributed by atoms with Crippen molar-refractivity contribution in [2.24, 2.45) is 0 Å². The van der Waals surface area contributed by atoms with E-state index in [2.05, 4.69) is 15.6 Å². The van der Waals surface area contributed by atoms with Gasteiger partial charge in [-0.1, -0.05) is 18.2 Å². The Morgan fingerprint density at radius 1 is 1.42 bits per heavy atom. The number of para-hydroxylation sites is 1. The van der Waals surface area contributed by atoms with Crippen LogP contribution >= 0.6 is 0 Å². The van der Waals surface area contributed by atoms with Crippen molar-refractivity contribution in [2.45, 2.75) is 31.9 Å². The maximum absolute atomic E-state index is 9.79. The van der Waals surface area contributed by atoms with E-state index in [1.54, 1.807) is 7.11 Å². The van der Waals surface area contributed by atoms with Crippen LogP contribution in [0.4, 0.5) is 0 Å². The van der Waals surface area contributed by atoms with Crippen LogP contribution in [0.5, 0.6) is 5.75 Å². The number of fused-ring (bicyclic) bond motifs is 1. The van der Waals surface area contributed by atoms with Crippen molar-refractivity contribution < 1.29 is 9.84 Å². The fourth-order valence-electron chi connectivity index (χ4n) is 2.65. The van der Waals surface area contributed by atoms with E-state index in [9.17, 15) is 5.11 Å². The summed E-state index contributed by atoms with van der Waals surface area (Å²) in [5, 5.41) is 9.79. The van der Waals surface area contributed by atoms with Crippen molar-refractivity contribution in [2.75, 3.05) is 7.11 Å². The molecule has 1 aromatic heterocycles. The van der Waals surface area contributed by atoms with Crippen molar-refractivity contribution in [3.8, 4) is 5.75 Å². The molecule has 0 saturated carbocycles. The van der Waals surface area contributed by atoms with Crippen molar-refractivity contribution in [3.05, 3.63) is 47.5 Å². The maximum atomic E-state index is 9.79. The van der Waals surface area contributed by atoms with Gasteiger partial charge >= 0.3 is 0 Å². The molecule has 4 heteroatoms. The standard InChI is InChI=1S/C15H18N2O2/c1-19-14-5-3-2-4-11(14)8-15-16-9-12-6-7-13(18)10-17(12)15/h2-5,9,13,18H,6-8,10H2,1H3. The highest BCUT2D eigenvalue weighted by Crippen LogP contribution is 2.23. The normalized spacial score (nSPS) is 18.1. The number of rotatable bonds is 3. The summed E-state index contributed by atoms with van der Waals surface area (Å²) in [6.07, 6.45) is 4.14. The van der Waals surface area contributed by atoms with E-state index >= 15 is 0 Å². The molecule has 100 valence electrons. The molecule has 0 fully saturated rings. The molecule has 0 amide bonds. The SMILES string of the molecule is COc1ccccc1Cc1ncc2n1CC(O)CC2. The Morgan fingerprint density at radius 2 is 2.26 bits per heavy atom. The Morgan fingerprint density at radius 3 is 3.11 bits per heavy atom. The first kappa shape index (κ1) is 12.2. The zero-order valence-corrected chi connectivity index (χ0v) is 11.0. The Hall–Kier alpha value is -1.81. The van der Waals surface area contributed by atoms with Crippen LogP contribution < -0.4 is 4.74 Å². The molecule has 0 aliphatic carbocycles. The van der Waals surface area contributed by atoms with Gasteiger partial charge in [0, 0.05) is 23.9 Å². The number of aliphatic hydroxyl groups is 1. The van der Waals surface area contributed by atoms with Crippen molar-refractivity contribution in [1.29, 1.82) is 0 Å². The van der Waals surface area contributed by atoms with Crippen molar-refractivity contribution in [1.82, 2.24) is 9.55 Å². The van der Waals surface area contributed by atoms with Crippen LogP contribution in [0.1, 0.15) is 23.5 Å². The van der Waals surface area contributed by atoms with Crippen molar-refractivity contribution in [3.63, 3.8) is 0 Å². The molecular weight excluding hydrogens is 240 g/mol. The molecule has 1 N–H and O–H groups in total. The number of ether oxygens (including phenoxy) is 1. The summed E-state index contributed by atoms with van der Waals surface area (Å²) in [5.41, 5.74) is 2.34. The molecule has 1 aliphatic heterocycles. The molecular formula is C15H18N2O2. The Labute approximate surface area is 112 Å². The summed E-state index contributed by atoms with van der Waals surface area (Å²) in [5.74, 6) is 1.88. The van der Waals surface area contributed by atoms with E-state index in [-0.39, 0.29) is 6.10 Å². The minimum Gasteiger partial charge on any atom is -0.496 e. The number of aliphatic hydroxyl groups excluding tert-OH is 1. The summed E-state index contributed by atoms with van der Waals surface area (Å²) in [6, 6.07) is 7.99. The Bertz CT molecular complexity index is 577. The number of aryl methyl sites for hydroxylation is 1. The third-order valence-corrected chi connectivity index (χ3v) is 3.69. The van der Waals surface area contributed by atoms with E-state index in [4.69, 9.17) is 4.74 Å². The van der Waals surface area contributed by atoms with Gasteiger partial charge in [-0.15, -0.1) is 0 Å². The first-order chi connectivity index (χ1) is 9.28. The van der Waals surface area contributed by atoms with Crippen LogP contribution in [-0.2, 0) is 19.4 Å². The molecule has 2 aromatic rings. The average molecular weight is 258 g/mol. The highest BCUT2D eigenvalue weighted by atomic mass is 16.5. The van der Waals surface area contributed by atoms with Gasteiger partial charge in [-0.05, 0) is 18.9 Å². The molecule has 1 aromatic carbocycles. The van der Waals surface area contributed by atoms with Crippen LogP contribution in [-0.4, -0.2) is 27.9 Å². The smallest absolute Gasteiger partial charge is 0.122 e. The van der Waals surface area contributed by atoms with E-state index in [0.717, 1.165) is 36.4 Å². The second-order valence-corrected chi connectivity index (χ2v) is 4.96. The average Bonchev–Trinajstić information content (AvgIpc) is 2.82. The van der Waals surface area contributed by atoms with Gasteiger partial charge in [0.1, 0.15) is 11.6 Å². The summed E-state index contributed by atoms with van der Waals surface area (Å²) >= 11 is 0. The minimum absolute atomic E-state index is 0.252. The Balaban J connectivity index is 1.90. The zero-order chi connectivity index (χ0) is 13.2. The van der Waals surface area contributed by atoms with E-state index in [0.29, 0.717) is 6.54 Å². The third-order valence-electron chi connectivity index (χ3n) is 3.69. The van der Waals surface area contributed by atoms with Gasteiger partial charge in [0.05, 0.1) is 19.8 Å². The number of imidazole rings is 1. The van der Waals surface area contributed by atoms with Crippen LogP contribution in [0, 0.1) is 0 Å². The second kappa shape index (κ2) is 5.05. The lowest BCUT2D eigenvalue weighted by Gasteiger charge is -2.21. The summed E-state index contributed by atoms with van der Waals surface area (Å²) in [6.45, 7) is 0.653. The minimum atomic E-state index is -0.252. The summed E-state index contributed by atoms with van der Waals surface area (Å²) in [7, 11) is 1.68. The molecule has 0 spiro atoms. The third kappa shape index (κ3) is 2.36. The highest BCUT2D eigenvalue weighted by molar-refractivity contribution is 5.35. The molecule has 0 bridgehead atoms. The molecule has 1 atom stereocenters. The molecule has 1 unspecified atom stereocenters. The fourth-order valence-corrected chi connectivity index (χ4v) is 2.65. The van der Waals surface area contributed by atoms with Crippen molar-refractivity contribution >= 4 is 0 Å². The lowest BCUT2D eigenvalue weighted by atomic mass is 10.1. The molecule has 2 heterocycles. The number of hydrogen-bond donors (Lipinski definition) is 1. The molecule has 0 radical (unpaired) electrons. The first-order valence-corrected chi connectivity index (χ1v) is 6.61. The second-order valence-electron chi connectivity index (χ2n) is 4.96. The van der Waals surface area contributed by atoms with Crippen LogP contribution in [0.25, 0.3) is 0 Å². The van der Waals surface area contributed by atoms with Gasteiger partial charge < -0.3 is 14.4 Å². The fraction of sp³-hybridized carbons (Fsp3) is 0.400. The predicted octanol–water partition coefficient (Wildman–Crippen LogP) is 1.79.